The van der Waals surface area contributed by atoms with Crippen molar-refractivity contribution in [1.82, 2.24) is 19.9 Å². The lowest BCUT2D eigenvalue weighted by Gasteiger charge is -2.30. The molecule has 43 heavy (non-hydrogen) atoms. The topological polar surface area (TPSA) is 87.6 Å². The van der Waals surface area contributed by atoms with Gasteiger partial charge in [0.25, 0.3) is 0 Å². The van der Waals surface area contributed by atoms with E-state index in [2.05, 4.69) is 19.9 Å². The van der Waals surface area contributed by atoms with Gasteiger partial charge < -0.3 is 14.5 Å². The molecule has 4 heterocycles. The lowest BCUT2D eigenvalue weighted by Crippen LogP contribution is -2.39. The highest BCUT2D eigenvalue weighted by Crippen LogP contribution is 2.38. The van der Waals surface area contributed by atoms with Crippen LogP contribution in [0.25, 0.3) is 0 Å². The quantitative estimate of drug-likeness (QED) is 0.208. The maximum absolute atomic E-state index is 13.6. The molecular formula is C26H23Cl2F6N7O2. The van der Waals surface area contributed by atoms with E-state index in [1.165, 1.54) is 23.5 Å². The van der Waals surface area contributed by atoms with Gasteiger partial charge in [-0.1, -0.05) is 18.5 Å². The van der Waals surface area contributed by atoms with Crippen molar-refractivity contribution in [3.63, 3.8) is 0 Å². The molecule has 230 valence electrons. The predicted octanol–water partition coefficient (Wildman–Crippen LogP) is 6.63. The highest BCUT2D eigenvalue weighted by Gasteiger charge is 2.40. The summed E-state index contributed by atoms with van der Waals surface area (Å²) in [5.41, 5.74) is -2.77. The van der Waals surface area contributed by atoms with Gasteiger partial charge in [-0.25, -0.2) is 19.7 Å². The van der Waals surface area contributed by atoms with E-state index in [0.717, 1.165) is 0 Å². The second-order valence-corrected chi connectivity index (χ2v) is 10.7. The molecular weight excluding hydrogens is 627 g/mol. The Kier molecular flexibility index (Phi) is 8.49. The highest BCUT2D eigenvalue weighted by atomic mass is 35.5. The number of ether oxygens (including phenoxy) is 1. The highest BCUT2D eigenvalue weighted by molar-refractivity contribution is 6.33. The molecule has 0 aliphatic carbocycles. The molecule has 2 fully saturated rings. The van der Waals surface area contributed by atoms with Crippen LogP contribution in [0.3, 0.4) is 0 Å². The average molecular weight is 650 g/mol. The molecule has 2 aliphatic heterocycles. The summed E-state index contributed by atoms with van der Waals surface area (Å²) in [6.07, 6.45) is -5.54. The fourth-order valence-corrected chi connectivity index (χ4v) is 5.53. The van der Waals surface area contributed by atoms with Gasteiger partial charge in [0.2, 0.25) is 11.2 Å². The number of nitrogens with zero attached hydrogens (tertiary/aromatic N) is 7. The summed E-state index contributed by atoms with van der Waals surface area (Å²) in [6.45, 7) is 2.21. The summed E-state index contributed by atoms with van der Waals surface area (Å²) in [7, 11) is 0. The first-order valence-electron chi connectivity index (χ1n) is 13.0. The van der Waals surface area contributed by atoms with Gasteiger partial charge in [0, 0.05) is 19.1 Å². The zero-order chi connectivity index (χ0) is 31.1. The van der Waals surface area contributed by atoms with E-state index in [4.69, 9.17) is 27.9 Å². The van der Waals surface area contributed by atoms with Gasteiger partial charge in [-0.15, -0.1) is 0 Å². The van der Waals surface area contributed by atoms with E-state index >= 15 is 0 Å². The van der Waals surface area contributed by atoms with Crippen LogP contribution in [0.15, 0.2) is 36.8 Å². The lowest BCUT2D eigenvalue weighted by molar-refractivity contribution is -0.143. The number of benzene rings is 1. The molecule has 1 amide bonds. The zero-order valence-electron chi connectivity index (χ0n) is 22.3. The fraction of sp³-hybridized carbons (Fsp3) is 0.423. The number of halogens is 8. The number of carbonyl (C=O) groups excluding carboxylic acids is 1. The number of rotatable bonds is 7. The second-order valence-electron chi connectivity index (χ2n) is 9.96. The number of hydrogen-bond acceptors (Lipinski definition) is 8. The molecule has 0 unspecified atom stereocenters. The van der Waals surface area contributed by atoms with Crippen LogP contribution in [0.5, 0.6) is 0 Å². The van der Waals surface area contributed by atoms with Crippen molar-refractivity contribution in [2.45, 2.75) is 50.7 Å². The number of aromatic nitrogens is 4. The monoisotopic (exact) mass is 649 g/mol. The number of hydrogen-bond donors (Lipinski definition) is 0. The third-order valence-electron chi connectivity index (χ3n) is 7.23. The minimum atomic E-state index is -5.01. The van der Waals surface area contributed by atoms with E-state index in [0.29, 0.717) is 36.5 Å². The average Bonchev–Trinajstić information content (AvgIpc) is 3.58. The Balaban J connectivity index is 1.55. The standard InChI is InChI=1S/C26H23Cl2F6N7O2/c1-2-17-8-18(13-40(17)21-20(27)11-35-22(28)38-21)41(23-36-9-19(10-37-23)39-3-4-43-24(39)42)12-14-5-15(25(29,30)31)7-16(6-14)26(32,33)34/h5-7,9-11,17-18H,2-4,8,12-13H2,1H3/t17-,18+/m1/s1. The molecule has 2 aliphatic rings. The van der Waals surface area contributed by atoms with Crippen molar-refractivity contribution in [1.29, 1.82) is 0 Å². The number of cyclic esters (lactones) is 1. The van der Waals surface area contributed by atoms with Crippen molar-refractivity contribution in [3.8, 4) is 0 Å². The molecule has 0 radical (unpaired) electrons. The van der Waals surface area contributed by atoms with Crippen molar-refractivity contribution < 1.29 is 35.9 Å². The Bertz CT molecular complexity index is 1460. The molecule has 1 aromatic carbocycles. The van der Waals surface area contributed by atoms with Crippen molar-refractivity contribution >= 4 is 46.7 Å². The molecule has 17 heteroatoms. The van der Waals surface area contributed by atoms with Gasteiger partial charge in [-0.3, -0.25) is 4.90 Å². The van der Waals surface area contributed by atoms with Crippen LogP contribution in [0.4, 0.5) is 48.6 Å². The summed E-state index contributed by atoms with van der Waals surface area (Å²) in [4.78, 5) is 33.5. The fourth-order valence-electron chi connectivity index (χ4n) is 5.20. The van der Waals surface area contributed by atoms with E-state index < -0.39 is 35.6 Å². The molecule has 2 aromatic heterocycles. The summed E-state index contributed by atoms with van der Waals surface area (Å²) < 4.78 is 86.8. The van der Waals surface area contributed by atoms with Crippen LogP contribution in [0.2, 0.25) is 10.3 Å². The third-order valence-corrected chi connectivity index (χ3v) is 7.68. The molecule has 2 saturated heterocycles. The molecule has 2 atom stereocenters. The maximum Gasteiger partial charge on any atom is 0.416 e. The molecule has 0 spiro atoms. The van der Waals surface area contributed by atoms with Gasteiger partial charge in [-0.05, 0) is 48.2 Å². The lowest BCUT2D eigenvalue weighted by atomic mass is 10.0. The number of alkyl halides is 6. The van der Waals surface area contributed by atoms with Crippen molar-refractivity contribution in [3.05, 3.63) is 63.8 Å². The molecule has 9 nitrogen and oxygen atoms in total. The van der Waals surface area contributed by atoms with Gasteiger partial charge in [0.15, 0.2) is 5.82 Å². The largest absolute Gasteiger partial charge is 0.447 e. The van der Waals surface area contributed by atoms with Crippen molar-refractivity contribution in [2.75, 3.05) is 34.4 Å². The zero-order valence-corrected chi connectivity index (χ0v) is 23.8. The minimum Gasteiger partial charge on any atom is -0.447 e. The summed E-state index contributed by atoms with van der Waals surface area (Å²) in [6, 6.07) is 0.784. The van der Waals surface area contributed by atoms with Crippen LogP contribution >= 0.6 is 23.2 Å². The van der Waals surface area contributed by atoms with Gasteiger partial charge in [0.1, 0.15) is 11.6 Å². The predicted molar refractivity (Wildman–Crippen MR) is 145 cm³/mol. The first kappa shape index (κ1) is 30.9. The molecule has 5 rings (SSSR count). The normalized spacial score (nSPS) is 19.2. The Morgan fingerprint density at radius 3 is 2.21 bits per heavy atom. The van der Waals surface area contributed by atoms with Gasteiger partial charge in [0.05, 0.1) is 48.0 Å². The van der Waals surface area contributed by atoms with Gasteiger partial charge >= 0.3 is 18.4 Å². The minimum absolute atomic E-state index is 0.0378. The Morgan fingerprint density at radius 2 is 1.65 bits per heavy atom. The van der Waals surface area contributed by atoms with Crippen LogP contribution in [0.1, 0.15) is 36.5 Å². The molecule has 0 N–H and O–H groups in total. The van der Waals surface area contributed by atoms with E-state index in [1.807, 2.05) is 11.8 Å². The third kappa shape index (κ3) is 6.66. The van der Waals surface area contributed by atoms with E-state index in [1.54, 1.807) is 4.90 Å². The Morgan fingerprint density at radius 1 is 1.00 bits per heavy atom. The molecule has 0 bridgehead atoms. The first-order valence-corrected chi connectivity index (χ1v) is 13.8. The summed E-state index contributed by atoms with van der Waals surface area (Å²) >= 11 is 12.4. The van der Waals surface area contributed by atoms with Crippen LogP contribution < -0.4 is 14.7 Å². The maximum atomic E-state index is 13.6. The van der Waals surface area contributed by atoms with Gasteiger partial charge in [-0.2, -0.15) is 31.3 Å². The Labute approximate surface area is 251 Å². The van der Waals surface area contributed by atoms with Crippen LogP contribution in [0, 0.1) is 0 Å². The summed E-state index contributed by atoms with van der Waals surface area (Å²) in [5.74, 6) is 0.383. The Hall–Kier alpha value is -3.59. The summed E-state index contributed by atoms with van der Waals surface area (Å²) in [5, 5.41) is 0.179. The van der Waals surface area contributed by atoms with Crippen molar-refractivity contribution in [2.24, 2.45) is 0 Å². The first-order chi connectivity index (χ1) is 20.2. The van der Waals surface area contributed by atoms with Crippen LogP contribution in [-0.2, 0) is 23.6 Å². The van der Waals surface area contributed by atoms with E-state index in [-0.39, 0.29) is 60.2 Å². The number of carbonyl (C=O) groups is 1. The second kappa shape index (κ2) is 11.8. The van der Waals surface area contributed by atoms with E-state index in [9.17, 15) is 31.1 Å². The van der Waals surface area contributed by atoms with Crippen LogP contribution in [-0.4, -0.2) is 57.8 Å². The number of anilines is 3. The SMILES string of the molecule is CC[C@@H]1C[C@H](N(Cc2cc(C(F)(F)F)cc(C(F)(F)F)c2)c2ncc(N3CCOC3=O)cn2)CN1c1nc(Cl)ncc1Cl. The molecule has 0 saturated carbocycles. The number of amides is 1. The smallest absolute Gasteiger partial charge is 0.416 e. The molecule has 3 aromatic rings.